The molecule has 2 atom stereocenters. The third kappa shape index (κ3) is 5.27. The van der Waals surface area contributed by atoms with E-state index in [-0.39, 0.29) is 23.7 Å². The highest BCUT2D eigenvalue weighted by molar-refractivity contribution is 5.87. The van der Waals surface area contributed by atoms with Crippen LogP contribution in [0.3, 0.4) is 0 Å². The Hall–Kier alpha value is -2.04. The lowest BCUT2D eigenvalue weighted by molar-refractivity contribution is -0.142. The van der Waals surface area contributed by atoms with Gasteiger partial charge in [0.05, 0.1) is 0 Å². The predicted molar refractivity (Wildman–Crippen MR) is 115 cm³/mol. The van der Waals surface area contributed by atoms with E-state index in [0.717, 1.165) is 19.5 Å². The van der Waals surface area contributed by atoms with Crippen LogP contribution < -0.4 is 10.6 Å². The Bertz CT molecular complexity index is 678. The molecule has 1 aromatic rings. The molecule has 5 heteroatoms. The smallest absolute Gasteiger partial charge is 0.226 e. The van der Waals surface area contributed by atoms with E-state index in [1.54, 1.807) is 0 Å². The average molecular weight is 388 g/mol. The highest BCUT2D eigenvalue weighted by Crippen LogP contribution is 2.29. The number of carbonyl (C=O) groups is 2. The van der Waals surface area contributed by atoms with E-state index in [1.165, 1.54) is 16.8 Å². The Balaban J connectivity index is 2.10. The molecule has 5 nitrogen and oxygen atoms in total. The van der Waals surface area contributed by atoms with Crippen molar-refractivity contribution in [1.82, 2.24) is 4.90 Å². The average Bonchev–Trinajstić information content (AvgIpc) is 2.66. The van der Waals surface area contributed by atoms with Gasteiger partial charge in [-0.1, -0.05) is 39.3 Å². The van der Waals surface area contributed by atoms with Crippen LogP contribution in [-0.4, -0.2) is 42.9 Å². The van der Waals surface area contributed by atoms with E-state index in [1.807, 2.05) is 11.8 Å². The van der Waals surface area contributed by atoms with Gasteiger partial charge in [0.2, 0.25) is 11.8 Å². The number of hydrogen-bond donors (Lipinski definition) is 1. The van der Waals surface area contributed by atoms with Crippen LogP contribution in [0.15, 0.2) is 18.2 Å². The van der Waals surface area contributed by atoms with Crippen molar-refractivity contribution in [2.45, 2.75) is 53.9 Å². The van der Waals surface area contributed by atoms with Gasteiger partial charge in [-0.25, -0.2) is 0 Å². The van der Waals surface area contributed by atoms with Crippen LogP contribution >= 0.6 is 0 Å². The van der Waals surface area contributed by atoms with Crippen molar-refractivity contribution >= 4 is 17.5 Å². The summed E-state index contributed by atoms with van der Waals surface area (Å²) in [6.45, 7) is 13.5. The highest BCUT2D eigenvalue weighted by atomic mass is 16.2. The van der Waals surface area contributed by atoms with Crippen LogP contribution in [-0.2, 0) is 9.59 Å². The summed E-state index contributed by atoms with van der Waals surface area (Å²) in [5, 5.41) is 0. The van der Waals surface area contributed by atoms with Crippen molar-refractivity contribution in [3.8, 4) is 0 Å². The molecule has 156 valence electrons. The summed E-state index contributed by atoms with van der Waals surface area (Å²) in [6, 6.07) is 6.38. The lowest BCUT2D eigenvalue weighted by Gasteiger charge is -2.39. The summed E-state index contributed by atoms with van der Waals surface area (Å²) in [6.07, 6.45) is 2.25. The number of nitrogens with two attached hydrogens (primary N) is 1. The highest BCUT2D eigenvalue weighted by Gasteiger charge is 2.36. The molecule has 2 N–H and O–H groups in total. The van der Waals surface area contributed by atoms with Crippen LogP contribution in [0, 0.1) is 31.6 Å². The maximum Gasteiger partial charge on any atom is 0.226 e. The number of aryl methyl sites for hydroxylation is 1. The lowest BCUT2D eigenvalue weighted by atomic mass is 9.81. The SMILES string of the molecule is CCC[C@H](C(N)=O)[C@@H](CC(C)C)C(=O)N1CCN(c2cccc(C)c2C)CC1. The molecule has 0 aromatic heterocycles. The molecule has 2 amide bonds. The number of hydrogen-bond acceptors (Lipinski definition) is 3. The third-order valence-corrected chi connectivity index (χ3v) is 6.00. The summed E-state index contributed by atoms with van der Waals surface area (Å²) in [4.78, 5) is 29.7. The van der Waals surface area contributed by atoms with Gasteiger partial charge in [0, 0.05) is 43.7 Å². The Morgan fingerprint density at radius 3 is 2.25 bits per heavy atom. The quantitative estimate of drug-likeness (QED) is 0.742. The molecule has 0 spiro atoms. The first kappa shape index (κ1) is 22.3. The molecule has 0 radical (unpaired) electrons. The van der Waals surface area contributed by atoms with E-state index in [0.29, 0.717) is 31.8 Å². The van der Waals surface area contributed by atoms with Gasteiger partial charge >= 0.3 is 0 Å². The number of nitrogens with zero attached hydrogens (tertiary/aromatic N) is 2. The summed E-state index contributed by atoms with van der Waals surface area (Å²) in [5.41, 5.74) is 9.53. The summed E-state index contributed by atoms with van der Waals surface area (Å²) in [7, 11) is 0. The number of rotatable bonds is 8. The molecule has 2 rings (SSSR count). The zero-order valence-electron chi connectivity index (χ0n) is 18.2. The fourth-order valence-electron chi connectivity index (χ4n) is 4.28. The van der Waals surface area contributed by atoms with Crippen LogP contribution in [0.25, 0.3) is 0 Å². The fourth-order valence-corrected chi connectivity index (χ4v) is 4.28. The first-order chi connectivity index (χ1) is 13.3. The molecular formula is C23H37N3O2. The molecule has 0 bridgehead atoms. The summed E-state index contributed by atoms with van der Waals surface area (Å²) in [5.74, 6) is -0.549. The van der Waals surface area contributed by atoms with Gasteiger partial charge in [-0.05, 0) is 49.8 Å². The van der Waals surface area contributed by atoms with E-state index >= 15 is 0 Å². The van der Waals surface area contributed by atoms with Gasteiger partial charge in [0.15, 0.2) is 0 Å². The number of benzene rings is 1. The topological polar surface area (TPSA) is 66.6 Å². The van der Waals surface area contributed by atoms with Crippen molar-refractivity contribution < 1.29 is 9.59 Å². The molecule has 1 saturated heterocycles. The minimum absolute atomic E-state index is 0.103. The molecule has 28 heavy (non-hydrogen) atoms. The number of anilines is 1. The molecule has 1 fully saturated rings. The minimum Gasteiger partial charge on any atom is -0.369 e. The van der Waals surface area contributed by atoms with E-state index < -0.39 is 0 Å². The zero-order valence-corrected chi connectivity index (χ0v) is 18.2. The first-order valence-electron chi connectivity index (χ1n) is 10.7. The predicted octanol–water partition coefficient (Wildman–Crippen LogP) is 3.52. The molecule has 1 heterocycles. The van der Waals surface area contributed by atoms with Crippen LogP contribution in [0.5, 0.6) is 0 Å². The van der Waals surface area contributed by atoms with E-state index in [4.69, 9.17) is 5.73 Å². The zero-order chi connectivity index (χ0) is 20.8. The normalized spacial score (nSPS) is 16.9. The Morgan fingerprint density at radius 2 is 1.71 bits per heavy atom. The van der Waals surface area contributed by atoms with Crippen molar-refractivity contribution in [3.05, 3.63) is 29.3 Å². The van der Waals surface area contributed by atoms with Crippen LogP contribution in [0.4, 0.5) is 5.69 Å². The fraction of sp³-hybridized carbons (Fsp3) is 0.652. The molecular weight excluding hydrogens is 350 g/mol. The second kappa shape index (κ2) is 9.94. The Labute approximate surface area is 170 Å². The molecule has 1 aromatic carbocycles. The standard InChI is InChI=1S/C23H37N3O2/c1-6-8-19(22(24)27)20(15-16(2)3)23(28)26-13-11-25(12-14-26)21-10-7-9-17(4)18(21)5/h7,9-10,16,19-20H,6,8,11-15H2,1-5H3,(H2,24,27)/t19-,20+/m0/s1. The summed E-state index contributed by atoms with van der Waals surface area (Å²) < 4.78 is 0. The molecule has 1 aliphatic rings. The number of amides is 2. The summed E-state index contributed by atoms with van der Waals surface area (Å²) >= 11 is 0. The van der Waals surface area contributed by atoms with Crippen molar-refractivity contribution in [3.63, 3.8) is 0 Å². The second-order valence-corrected chi connectivity index (χ2v) is 8.56. The lowest BCUT2D eigenvalue weighted by Crippen LogP contribution is -2.52. The number of carbonyl (C=O) groups excluding carboxylic acids is 2. The largest absolute Gasteiger partial charge is 0.369 e. The Kier molecular flexibility index (Phi) is 7.90. The van der Waals surface area contributed by atoms with Crippen molar-refractivity contribution in [1.29, 1.82) is 0 Å². The molecule has 0 saturated carbocycles. The van der Waals surface area contributed by atoms with E-state index in [9.17, 15) is 9.59 Å². The second-order valence-electron chi connectivity index (χ2n) is 8.56. The van der Waals surface area contributed by atoms with Gasteiger partial charge in [0.25, 0.3) is 0 Å². The maximum atomic E-state index is 13.3. The Morgan fingerprint density at radius 1 is 1.07 bits per heavy atom. The first-order valence-corrected chi connectivity index (χ1v) is 10.7. The minimum atomic E-state index is -0.364. The number of piperazine rings is 1. The maximum absolute atomic E-state index is 13.3. The van der Waals surface area contributed by atoms with Crippen LogP contribution in [0.2, 0.25) is 0 Å². The third-order valence-electron chi connectivity index (χ3n) is 6.00. The van der Waals surface area contributed by atoms with Crippen LogP contribution in [0.1, 0.15) is 51.2 Å². The molecule has 0 unspecified atom stereocenters. The van der Waals surface area contributed by atoms with Gasteiger partial charge in [-0.3, -0.25) is 9.59 Å². The molecule has 0 aliphatic carbocycles. The monoisotopic (exact) mass is 387 g/mol. The molecule has 1 aliphatic heterocycles. The van der Waals surface area contributed by atoms with Gasteiger partial charge in [0.1, 0.15) is 0 Å². The van der Waals surface area contributed by atoms with Gasteiger partial charge < -0.3 is 15.5 Å². The van der Waals surface area contributed by atoms with Gasteiger partial charge in [-0.2, -0.15) is 0 Å². The van der Waals surface area contributed by atoms with Gasteiger partial charge in [-0.15, -0.1) is 0 Å². The van der Waals surface area contributed by atoms with Crippen molar-refractivity contribution in [2.24, 2.45) is 23.5 Å². The number of primary amides is 1. The van der Waals surface area contributed by atoms with Crippen molar-refractivity contribution in [2.75, 3.05) is 31.1 Å². The van der Waals surface area contributed by atoms with E-state index in [2.05, 4.69) is 50.8 Å².